The Balaban J connectivity index is 1.68. The van der Waals surface area contributed by atoms with E-state index in [0.717, 1.165) is 28.0 Å². The quantitative estimate of drug-likeness (QED) is 0.564. The lowest BCUT2D eigenvalue weighted by molar-refractivity contribution is -0.727. The predicted octanol–water partition coefficient (Wildman–Crippen LogP) is 1.13. The van der Waals surface area contributed by atoms with Crippen molar-refractivity contribution in [3.8, 4) is 11.1 Å². The normalized spacial score (nSPS) is 14.0. The van der Waals surface area contributed by atoms with E-state index >= 15 is 0 Å². The lowest BCUT2D eigenvalue weighted by Gasteiger charge is -2.21. The van der Waals surface area contributed by atoms with Gasteiger partial charge in [0.15, 0.2) is 0 Å². The molecule has 1 aliphatic rings. The van der Waals surface area contributed by atoms with Crippen molar-refractivity contribution in [3.05, 3.63) is 59.7 Å². The number of aliphatic hydroxyl groups is 2. The molecule has 2 aromatic carbocycles. The molecule has 0 fully saturated rings. The minimum Gasteiger partial charge on any atom is -0.392 e. The first kappa shape index (κ1) is 17.6. The molecule has 2 aromatic rings. The maximum atomic E-state index is 10.1. The largest absolute Gasteiger partial charge is 0.392 e. The van der Waals surface area contributed by atoms with Gasteiger partial charge in [0.05, 0.1) is 6.61 Å². The van der Waals surface area contributed by atoms with Gasteiger partial charge in [0.2, 0.25) is 0 Å². The number of benzene rings is 2. The molecule has 0 radical (unpaired) electrons. The standard InChI is InChI=1S/C20H24N2O3/c1-20(2,13-23)21-11-14(24)12-25-22-19-17-9-5-3-7-15(17)16-8-4-6-10-18(16)19/h3-10,14,21,23-24H,11-13H2,1-2H3/p+1/t14-/m1/s1. The molecule has 0 heterocycles. The molecule has 0 saturated carbocycles. The van der Waals surface area contributed by atoms with Crippen molar-refractivity contribution < 1.29 is 20.4 Å². The van der Waals surface area contributed by atoms with Gasteiger partial charge in [-0.3, -0.25) is 0 Å². The molecule has 0 aromatic heterocycles. The van der Waals surface area contributed by atoms with Crippen LogP contribution in [0.15, 0.2) is 53.7 Å². The highest BCUT2D eigenvalue weighted by Crippen LogP contribution is 2.36. The van der Waals surface area contributed by atoms with E-state index in [-0.39, 0.29) is 18.8 Å². The Hall–Kier alpha value is -2.21. The number of hydrogen-bond donors (Lipinski definition) is 3. The molecule has 4 N–H and O–H groups in total. The van der Waals surface area contributed by atoms with Crippen LogP contribution in [0, 0.1) is 0 Å². The fraction of sp³-hybridized carbons (Fsp3) is 0.350. The topological polar surface area (TPSA) is 78.7 Å². The molecule has 3 rings (SSSR count). The molecule has 5 heteroatoms. The molecule has 0 unspecified atom stereocenters. The van der Waals surface area contributed by atoms with Gasteiger partial charge in [-0.25, -0.2) is 0 Å². The molecule has 5 nitrogen and oxygen atoms in total. The van der Waals surface area contributed by atoms with E-state index in [2.05, 4.69) is 17.3 Å². The Bertz CT molecular complexity index is 724. The van der Waals surface area contributed by atoms with Crippen molar-refractivity contribution in [2.75, 3.05) is 19.8 Å². The first-order chi connectivity index (χ1) is 12.0. The summed E-state index contributed by atoms with van der Waals surface area (Å²) in [4.78, 5) is 5.45. The fourth-order valence-electron chi connectivity index (χ4n) is 2.87. The number of fused-ring (bicyclic) bond motifs is 3. The smallest absolute Gasteiger partial charge is 0.148 e. The summed E-state index contributed by atoms with van der Waals surface area (Å²) in [5.74, 6) is 0. The van der Waals surface area contributed by atoms with Gasteiger partial charge in [0.1, 0.15) is 30.5 Å². The van der Waals surface area contributed by atoms with Gasteiger partial charge < -0.3 is 20.4 Å². The SMILES string of the molecule is CC(C)(CO)[NH2+]C[C@@H](O)CON=C1c2ccccc2-c2ccccc21. The van der Waals surface area contributed by atoms with Gasteiger partial charge in [0.25, 0.3) is 0 Å². The summed E-state index contributed by atoms with van der Waals surface area (Å²) in [5, 5.41) is 25.5. The van der Waals surface area contributed by atoms with Gasteiger partial charge >= 0.3 is 0 Å². The van der Waals surface area contributed by atoms with Crippen molar-refractivity contribution >= 4 is 5.71 Å². The second-order valence-electron chi connectivity index (χ2n) is 7.07. The summed E-state index contributed by atoms with van der Waals surface area (Å²) in [5.41, 5.74) is 4.89. The van der Waals surface area contributed by atoms with Crippen molar-refractivity contribution in [2.24, 2.45) is 5.16 Å². The van der Waals surface area contributed by atoms with E-state index in [4.69, 9.17) is 4.84 Å². The number of hydrogen-bond acceptors (Lipinski definition) is 4. The van der Waals surface area contributed by atoms with Gasteiger partial charge in [-0.15, -0.1) is 0 Å². The van der Waals surface area contributed by atoms with E-state index in [1.807, 2.05) is 55.6 Å². The second-order valence-corrected chi connectivity index (χ2v) is 7.07. The van der Waals surface area contributed by atoms with Crippen LogP contribution in [0.25, 0.3) is 11.1 Å². The molecule has 0 saturated heterocycles. The summed E-state index contributed by atoms with van der Waals surface area (Å²) in [6.45, 7) is 4.47. The molecule has 25 heavy (non-hydrogen) atoms. The minimum atomic E-state index is -0.651. The third kappa shape index (κ3) is 3.90. The van der Waals surface area contributed by atoms with Crippen molar-refractivity contribution in [2.45, 2.75) is 25.5 Å². The molecular formula is C20H25N2O3+. The first-order valence-electron chi connectivity index (χ1n) is 8.54. The highest BCUT2D eigenvalue weighted by molar-refractivity contribution is 6.24. The van der Waals surface area contributed by atoms with Crippen LogP contribution in [-0.2, 0) is 4.84 Å². The number of aliphatic hydroxyl groups excluding tert-OH is 2. The molecule has 1 atom stereocenters. The Morgan fingerprint density at radius 2 is 1.52 bits per heavy atom. The minimum absolute atomic E-state index is 0.0520. The lowest BCUT2D eigenvalue weighted by atomic mass is 10.1. The second kappa shape index (κ2) is 7.35. The summed E-state index contributed by atoms with van der Waals surface area (Å²) in [6.07, 6.45) is -0.651. The van der Waals surface area contributed by atoms with E-state index in [9.17, 15) is 10.2 Å². The first-order valence-corrected chi connectivity index (χ1v) is 8.54. The van der Waals surface area contributed by atoms with Crippen LogP contribution in [0.4, 0.5) is 0 Å². The average Bonchev–Trinajstić information content (AvgIpc) is 2.95. The molecule has 0 bridgehead atoms. The van der Waals surface area contributed by atoms with Crippen LogP contribution in [0.1, 0.15) is 25.0 Å². The maximum absolute atomic E-state index is 10.1. The summed E-state index contributed by atoms with van der Waals surface area (Å²) in [7, 11) is 0. The highest BCUT2D eigenvalue weighted by atomic mass is 16.6. The van der Waals surface area contributed by atoms with Crippen molar-refractivity contribution in [1.29, 1.82) is 0 Å². The molecular weight excluding hydrogens is 316 g/mol. The summed E-state index contributed by atoms with van der Waals surface area (Å²) < 4.78 is 0. The fourth-order valence-corrected chi connectivity index (χ4v) is 2.87. The number of quaternary nitrogens is 1. The average molecular weight is 341 g/mol. The van der Waals surface area contributed by atoms with Gasteiger partial charge in [-0.05, 0) is 25.0 Å². The monoisotopic (exact) mass is 341 g/mol. The van der Waals surface area contributed by atoms with Gasteiger partial charge in [-0.1, -0.05) is 53.7 Å². The highest BCUT2D eigenvalue weighted by Gasteiger charge is 2.25. The predicted molar refractivity (Wildman–Crippen MR) is 97.4 cm³/mol. The van der Waals surface area contributed by atoms with Gasteiger partial charge in [-0.2, -0.15) is 0 Å². The van der Waals surface area contributed by atoms with Crippen LogP contribution in [0.3, 0.4) is 0 Å². The van der Waals surface area contributed by atoms with Crippen molar-refractivity contribution in [3.63, 3.8) is 0 Å². The Morgan fingerprint density at radius 3 is 2.04 bits per heavy atom. The summed E-state index contributed by atoms with van der Waals surface area (Å²) >= 11 is 0. The summed E-state index contributed by atoms with van der Waals surface area (Å²) in [6, 6.07) is 16.2. The van der Waals surface area contributed by atoms with Crippen LogP contribution in [0.5, 0.6) is 0 Å². The Labute approximate surface area is 148 Å². The van der Waals surface area contributed by atoms with E-state index in [1.54, 1.807) is 0 Å². The zero-order chi connectivity index (χ0) is 17.9. The molecule has 1 aliphatic carbocycles. The van der Waals surface area contributed by atoms with Crippen molar-refractivity contribution in [1.82, 2.24) is 0 Å². The zero-order valence-corrected chi connectivity index (χ0v) is 14.6. The van der Waals surface area contributed by atoms with E-state index in [1.165, 1.54) is 0 Å². The number of nitrogens with zero attached hydrogens (tertiary/aromatic N) is 1. The lowest BCUT2D eigenvalue weighted by Crippen LogP contribution is -2.97. The number of oxime groups is 1. The van der Waals surface area contributed by atoms with Crippen LogP contribution < -0.4 is 5.32 Å². The molecule has 0 spiro atoms. The molecule has 0 aliphatic heterocycles. The maximum Gasteiger partial charge on any atom is 0.148 e. The number of rotatable bonds is 7. The van der Waals surface area contributed by atoms with Crippen LogP contribution in [0.2, 0.25) is 0 Å². The third-order valence-corrected chi connectivity index (χ3v) is 4.43. The zero-order valence-electron chi connectivity index (χ0n) is 14.6. The Kier molecular flexibility index (Phi) is 5.18. The van der Waals surface area contributed by atoms with Crippen LogP contribution >= 0.6 is 0 Å². The number of nitrogens with two attached hydrogens (primary N) is 1. The Morgan fingerprint density at radius 1 is 1.00 bits per heavy atom. The van der Waals surface area contributed by atoms with E-state index < -0.39 is 6.10 Å². The third-order valence-electron chi connectivity index (χ3n) is 4.43. The van der Waals surface area contributed by atoms with E-state index in [0.29, 0.717) is 6.54 Å². The van der Waals surface area contributed by atoms with Gasteiger partial charge in [0, 0.05) is 11.1 Å². The molecule has 0 amide bonds. The molecule has 132 valence electrons. The van der Waals surface area contributed by atoms with Crippen LogP contribution in [-0.4, -0.2) is 47.3 Å².